The lowest BCUT2D eigenvalue weighted by atomic mass is 10.00. The van der Waals surface area contributed by atoms with Crippen LogP contribution in [0, 0.1) is 16.0 Å². The van der Waals surface area contributed by atoms with Crippen LogP contribution in [0.15, 0.2) is 18.2 Å². The maximum Gasteiger partial charge on any atom is 0.335 e. The quantitative estimate of drug-likeness (QED) is 0.588. The van der Waals surface area contributed by atoms with Crippen LogP contribution in [0.1, 0.15) is 44.0 Å². The average Bonchev–Trinajstić information content (AvgIpc) is 2.38. The minimum Gasteiger partial charge on any atom is -0.478 e. The van der Waals surface area contributed by atoms with E-state index in [2.05, 4.69) is 19.2 Å². The Morgan fingerprint density at radius 2 is 2.10 bits per heavy atom. The van der Waals surface area contributed by atoms with E-state index >= 15 is 0 Å². The molecule has 20 heavy (non-hydrogen) atoms. The van der Waals surface area contributed by atoms with Crippen molar-refractivity contribution in [2.24, 2.45) is 5.92 Å². The summed E-state index contributed by atoms with van der Waals surface area (Å²) in [6, 6.07) is 3.99. The zero-order chi connectivity index (χ0) is 15.3. The molecule has 0 aromatic heterocycles. The average molecular weight is 280 g/mol. The van der Waals surface area contributed by atoms with E-state index in [1.54, 1.807) is 0 Å². The van der Waals surface area contributed by atoms with Crippen LogP contribution in [0.3, 0.4) is 0 Å². The minimum atomic E-state index is -1.17. The van der Waals surface area contributed by atoms with Crippen molar-refractivity contribution in [3.05, 3.63) is 33.9 Å². The van der Waals surface area contributed by atoms with Crippen LogP contribution < -0.4 is 5.32 Å². The number of nitro benzene ring substituents is 1. The van der Waals surface area contributed by atoms with Crippen molar-refractivity contribution < 1.29 is 14.8 Å². The van der Waals surface area contributed by atoms with Crippen LogP contribution in [0.4, 0.5) is 11.4 Å². The Hall–Kier alpha value is -2.11. The van der Waals surface area contributed by atoms with Gasteiger partial charge in [0.2, 0.25) is 0 Å². The second-order valence-corrected chi connectivity index (χ2v) is 5.09. The SMILES string of the molecule is CCC(C)CC(C)Nc1ccc(C(=O)O)cc1[N+](=O)[O-]. The van der Waals surface area contributed by atoms with Crippen LogP contribution in [-0.2, 0) is 0 Å². The predicted molar refractivity (Wildman–Crippen MR) is 77.2 cm³/mol. The second-order valence-electron chi connectivity index (χ2n) is 5.09. The van der Waals surface area contributed by atoms with Crippen molar-refractivity contribution in [2.45, 2.75) is 39.7 Å². The van der Waals surface area contributed by atoms with E-state index in [9.17, 15) is 14.9 Å². The molecule has 6 nitrogen and oxygen atoms in total. The van der Waals surface area contributed by atoms with E-state index in [1.807, 2.05) is 6.92 Å². The second kappa shape index (κ2) is 6.88. The fourth-order valence-corrected chi connectivity index (χ4v) is 2.03. The first-order chi connectivity index (χ1) is 9.35. The standard InChI is InChI=1S/C14H20N2O4/c1-4-9(2)7-10(3)15-12-6-5-11(14(17)18)8-13(12)16(19)20/h5-6,8-10,15H,4,7H2,1-3H3,(H,17,18). The Kier molecular flexibility index (Phi) is 5.49. The van der Waals surface area contributed by atoms with E-state index in [1.165, 1.54) is 12.1 Å². The summed E-state index contributed by atoms with van der Waals surface area (Å²) in [5.41, 5.74) is 0.0635. The molecule has 0 saturated carbocycles. The van der Waals surface area contributed by atoms with Gasteiger partial charge in [-0.15, -0.1) is 0 Å². The summed E-state index contributed by atoms with van der Waals surface area (Å²) >= 11 is 0. The normalized spacial score (nSPS) is 13.6. The molecule has 0 aliphatic heterocycles. The number of aromatic carboxylic acids is 1. The Bertz CT molecular complexity index is 502. The number of nitro groups is 1. The predicted octanol–water partition coefficient (Wildman–Crippen LogP) is 3.53. The molecule has 0 radical (unpaired) electrons. The number of hydrogen-bond acceptors (Lipinski definition) is 4. The largest absolute Gasteiger partial charge is 0.478 e. The van der Waals surface area contributed by atoms with Crippen molar-refractivity contribution >= 4 is 17.3 Å². The number of hydrogen-bond donors (Lipinski definition) is 2. The third-order valence-corrected chi connectivity index (χ3v) is 3.30. The molecule has 2 unspecified atom stereocenters. The van der Waals surface area contributed by atoms with Gasteiger partial charge in [-0.3, -0.25) is 10.1 Å². The van der Waals surface area contributed by atoms with Crippen molar-refractivity contribution in [3.8, 4) is 0 Å². The zero-order valence-corrected chi connectivity index (χ0v) is 11.9. The van der Waals surface area contributed by atoms with Gasteiger partial charge in [-0.25, -0.2) is 4.79 Å². The summed E-state index contributed by atoms with van der Waals surface area (Å²) in [4.78, 5) is 21.3. The van der Waals surface area contributed by atoms with Gasteiger partial charge >= 0.3 is 5.97 Å². The molecule has 0 heterocycles. The van der Waals surface area contributed by atoms with Crippen molar-refractivity contribution in [1.82, 2.24) is 0 Å². The first-order valence-corrected chi connectivity index (χ1v) is 6.63. The lowest BCUT2D eigenvalue weighted by Gasteiger charge is -2.18. The maximum absolute atomic E-state index is 11.0. The molecule has 0 fully saturated rings. The zero-order valence-electron chi connectivity index (χ0n) is 11.9. The van der Waals surface area contributed by atoms with Gasteiger partial charge in [-0.1, -0.05) is 20.3 Å². The highest BCUT2D eigenvalue weighted by Gasteiger charge is 2.19. The topological polar surface area (TPSA) is 92.5 Å². The summed E-state index contributed by atoms with van der Waals surface area (Å²) in [6.07, 6.45) is 1.94. The number of anilines is 1. The van der Waals surface area contributed by atoms with Gasteiger partial charge in [0.15, 0.2) is 0 Å². The highest BCUT2D eigenvalue weighted by molar-refractivity contribution is 5.89. The molecule has 0 aliphatic carbocycles. The number of nitrogens with zero attached hydrogens (tertiary/aromatic N) is 1. The third-order valence-electron chi connectivity index (χ3n) is 3.30. The van der Waals surface area contributed by atoms with E-state index < -0.39 is 10.9 Å². The van der Waals surface area contributed by atoms with Gasteiger partial charge in [0.1, 0.15) is 5.69 Å². The smallest absolute Gasteiger partial charge is 0.335 e. The number of carboxylic acids is 1. The summed E-state index contributed by atoms with van der Waals surface area (Å²) in [6.45, 7) is 6.18. The van der Waals surface area contributed by atoms with Crippen LogP contribution in [-0.4, -0.2) is 22.0 Å². The number of carbonyl (C=O) groups is 1. The number of benzene rings is 1. The first-order valence-electron chi connectivity index (χ1n) is 6.63. The van der Waals surface area contributed by atoms with Gasteiger partial charge in [-0.2, -0.15) is 0 Å². The molecule has 1 aromatic rings. The van der Waals surface area contributed by atoms with Crippen LogP contribution >= 0.6 is 0 Å². The Morgan fingerprint density at radius 3 is 2.60 bits per heavy atom. The number of rotatable bonds is 7. The summed E-state index contributed by atoms with van der Waals surface area (Å²) in [7, 11) is 0. The molecule has 0 amide bonds. The first kappa shape index (κ1) is 15.9. The Labute approximate surface area is 118 Å². The minimum absolute atomic E-state index is 0.0827. The molecule has 2 atom stereocenters. The van der Waals surface area contributed by atoms with Gasteiger partial charge in [-0.05, 0) is 31.4 Å². The molecule has 0 bridgehead atoms. The monoisotopic (exact) mass is 280 g/mol. The van der Waals surface area contributed by atoms with Crippen molar-refractivity contribution in [2.75, 3.05) is 5.32 Å². The van der Waals surface area contributed by atoms with E-state index in [0.717, 1.165) is 18.9 Å². The molecule has 0 spiro atoms. The molecule has 1 aromatic carbocycles. The molecular weight excluding hydrogens is 260 g/mol. The highest BCUT2D eigenvalue weighted by Crippen LogP contribution is 2.27. The fourth-order valence-electron chi connectivity index (χ4n) is 2.03. The van der Waals surface area contributed by atoms with Crippen LogP contribution in [0.5, 0.6) is 0 Å². The van der Waals surface area contributed by atoms with E-state index in [-0.39, 0.29) is 17.3 Å². The molecule has 2 N–H and O–H groups in total. The third kappa shape index (κ3) is 4.22. The number of carboxylic acid groups (broad SMARTS) is 1. The van der Waals surface area contributed by atoms with Crippen LogP contribution in [0.25, 0.3) is 0 Å². The lowest BCUT2D eigenvalue weighted by molar-refractivity contribution is -0.384. The van der Waals surface area contributed by atoms with Gasteiger partial charge < -0.3 is 10.4 Å². The van der Waals surface area contributed by atoms with E-state index in [4.69, 9.17) is 5.11 Å². The van der Waals surface area contributed by atoms with Gasteiger partial charge in [0.05, 0.1) is 10.5 Å². The van der Waals surface area contributed by atoms with Crippen LogP contribution in [0.2, 0.25) is 0 Å². The lowest BCUT2D eigenvalue weighted by Crippen LogP contribution is -2.19. The molecule has 0 saturated heterocycles. The summed E-state index contributed by atoms with van der Waals surface area (Å²) in [5, 5.41) is 23.0. The van der Waals surface area contributed by atoms with Gasteiger partial charge in [0, 0.05) is 12.1 Å². The molecule has 110 valence electrons. The van der Waals surface area contributed by atoms with Crippen molar-refractivity contribution in [3.63, 3.8) is 0 Å². The molecule has 1 rings (SSSR count). The summed E-state index contributed by atoms with van der Waals surface area (Å²) in [5.74, 6) is -0.651. The Morgan fingerprint density at radius 1 is 1.45 bits per heavy atom. The highest BCUT2D eigenvalue weighted by atomic mass is 16.6. The molecular formula is C14H20N2O4. The number of nitrogens with one attached hydrogen (secondary N) is 1. The maximum atomic E-state index is 11.0. The summed E-state index contributed by atoms with van der Waals surface area (Å²) < 4.78 is 0. The molecule has 0 aliphatic rings. The van der Waals surface area contributed by atoms with Crippen molar-refractivity contribution in [1.29, 1.82) is 0 Å². The Balaban J connectivity index is 2.94. The van der Waals surface area contributed by atoms with Gasteiger partial charge in [0.25, 0.3) is 5.69 Å². The molecule has 6 heteroatoms. The fraction of sp³-hybridized carbons (Fsp3) is 0.500. The van der Waals surface area contributed by atoms with E-state index in [0.29, 0.717) is 11.6 Å².